The van der Waals surface area contributed by atoms with Gasteiger partial charge in [-0.15, -0.1) is 43.0 Å². The summed E-state index contributed by atoms with van der Waals surface area (Å²) in [5, 5.41) is 46.6. The number of ketones is 1. The SMILES string of the molecule is CCC(=O)Cl.CCCCP(CCCC)CCCC.CCOC(=O)C(=[N+]=[N-])C(=O)CC.CCOC(=O)C(N=N)=C(O)CC.CCOC(=O)C(N=NC(=O)OC(C)(C)C)=C(O)CC.CCOC(=O)C=[N+]=[N-].CCOC(=O)c1n[nH]cc(C)c1=O.CN(C)C(OC(C)(C)C)N(C)C.Cc1cn(Cc2ccccc2)nc(C(=O)O)c1=O.Cl.Cl. The van der Waals surface area contributed by atoms with Crippen LogP contribution >= 0.6 is 44.3 Å². The molecule has 3 rings (SSSR count). The van der Waals surface area contributed by atoms with E-state index in [1.807, 2.05) is 68.3 Å². The van der Waals surface area contributed by atoms with E-state index in [9.17, 15) is 57.8 Å². The van der Waals surface area contributed by atoms with Crippen molar-refractivity contribution in [1.29, 1.82) is 5.53 Å². The Morgan fingerprint density at radius 3 is 1.43 bits per heavy atom. The molecule has 35 nitrogen and oxygen atoms in total. The van der Waals surface area contributed by atoms with Gasteiger partial charge in [0, 0.05) is 49.2 Å². The highest BCUT2D eigenvalue weighted by Gasteiger charge is 2.29. The van der Waals surface area contributed by atoms with E-state index < -0.39 is 81.3 Å². The molecule has 39 heteroatoms. The molecular weight excluding hydrogens is 1570 g/mol. The largest absolute Gasteiger partial charge is 0.510 e. The normalized spacial score (nSPS) is 10.6. The third-order valence-electron chi connectivity index (χ3n) is 12.6. The van der Waals surface area contributed by atoms with Crippen molar-refractivity contribution in [1.82, 2.24) is 29.8 Å². The molecule has 1 amide bonds. The number of H-pyrrole nitrogens is 1. The van der Waals surface area contributed by atoms with Gasteiger partial charge < -0.3 is 59.5 Å². The Bertz CT molecular complexity index is 3600. The van der Waals surface area contributed by atoms with Crippen molar-refractivity contribution < 1.29 is 101 Å². The standard InChI is InChI=1S/C13H12N2O3.C12H20N2O5.C12H27P.C9H22N2O.C8H10N2O3.C7H12N2O3.C7H10N2O3.C4H6N2O2.C3H5ClO.2ClH/c1-9-7-15(8-10-5-3-2-4-6-10)14-11(12(9)16)13(17)18;1-6-8(15)9(10(16)18-7-2)13-14-11(17)19-12(3,4)5;1-4-7-10-13(11-8-5-2)12-9-6-3;1-9(2,3)12-8(10(4)5)11(6)7;1-3-13-8(12)6-7(11)5(2)4-9-10-6;2*1-3-5(10)6(9-8)7(11)12-4-2;1-2-8-4(7)3-6-5;1-2-3(4)5;;/h2-7H,8H2,1H3,(H,17,18);15H,6-7H2,1-5H3;4-12H2,1-3H3;8H,1-7H3;4H,3H2,1-2H3,(H,9,11);8,10H,3-4H2,1-2H3;3-4H2,1-2H3;3H,2H2,1H3;2H2,1H3;2*1H. The molecule has 0 aliphatic heterocycles. The lowest BCUT2D eigenvalue weighted by Gasteiger charge is -2.35. The van der Waals surface area contributed by atoms with Gasteiger partial charge in [-0.2, -0.15) is 19.8 Å². The van der Waals surface area contributed by atoms with Crippen molar-refractivity contribution in [2.75, 3.05) is 79.7 Å². The molecule has 0 aliphatic carbocycles. The molecule has 0 atom stereocenters. The predicted molar refractivity (Wildman–Crippen MR) is 441 cm³/mol. The van der Waals surface area contributed by atoms with Crippen molar-refractivity contribution >= 4 is 109 Å². The minimum atomic E-state index is -1.30. The predicted octanol–water partition coefficient (Wildman–Crippen LogP) is 14.6. The molecule has 1 aromatic carbocycles. The first-order chi connectivity index (χ1) is 52.4. The average molecular weight is 1700 g/mol. The maximum atomic E-state index is 11.6. The Hall–Kier alpha value is -9.17. The van der Waals surface area contributed by atoms with Gasteiger partial charge in [0.25, 0.3) is 5.78 Å². The molecule has 114 heavy (non-hydrogen) atoms. The lowest BCUT2D eigenvalue weighted by atomic mass is 10.2. The molecule has 0 spiro atoms. The van der Waals surface area contributed by atoms with Gasteiger partial charge in [0.15, 0.2) is 6.35 Å². The van der Waals surface area contributed by atoms with E-state index in [2.05, 4.69) is 101 Å². The number of halogens is 3. The third-order valence-corrected chi connectivity index (χ3v) is 15.7. The number of esters is 5. The number of benzene rings is 1. The average Bonchev–Trinajstić information content (AvgIpc) is 0.837. The van der Waals surface area contributed by atoms with Crippen LogP contribution in [-0.4, -0.2) is 217 Å². The zero-order valence-electron chi connectivity index (χ0n) is 70.8. The molecular formula is C75H126Cl3N14O21P. The van der Waals surface area contributed by atoms with E-state index in [-0.39, 0.29) is 111 Å². The summed E-state index contributed by atoms with van der Waals surface area (Å²) >= 11 is 4.82. The first-order valence-electron chi connectivity index (χ1n) is 36.4. The fourth-order valence-electron chi connectivity index (χ4n) is 7.32. The number of hydrogen-bond acceptors (Lipinski definition) is 27. The van der Waals surface area contributed by atoms with Gasteiger partial charge >= 0.3 is 53.8 Å². The van der Waals surface area contributed by atoms with Gasteiger partial charge in [0.05, 0.1) is 45.2 Å². The minimum Gasteiger partial charge on any atom is -0.510 e. The number of nitrogens with zero attached hydrogens (tertiary/aromatic N) is 12. The summed E-state index contributed by atoms with van der Waals surface area (Å²) in [7, 11) is 8.46. The number of carboxylic acids is 1. The highest BCUT2D eigenvalue weighted by molar-refractivity contribution is 7.57. The number of allylic oxidation sites excluding steroid dienone is 2. The number of amides is 1. The van der Waals surface area contributed by atoms with Crippen molar-refractivity contribution in [3.63, 3.8) is 0 Å². The van der Waals surface area contributed by atoms with Gasteiger partial charge in [-0.1, -0.05) is 103 Å². The maximum absolute atomic E-state index is 11.6. The first kappa shape index (κ1) is 121. The Morgan fingerprint density at radius 1 is 0.632 bits per heavy atom. The molecule has 0 saturated carbocycles. The van der Waals surface area contributed by atoms with Crippen molar-refractivity contribution in [2.24, 2.45) is 15.3 Å². The maximum Gasteiger partial charge on any atom is 0.452 e. The minimum absolute atomic E-state index is 0. The number of aromatic amines is 1. The number of unbranched alkanes of at least 4 members (excludes halogenated alkanes) is 3. The van der Waals surface area contributed by atoms with E-state index in [1.165, 1.54) is 49.4 Å². The number of aliphatic hydroxyl groups excluding tert-OH is 2. The number of carbonyl (C=O) groups excluding carboxylic acids is 8. The highest BCUT2D eigenvalue weighted by atomic mass is 35.5. The van der Waals surface area contributed by atoms with E-state index in [0.717, 1.165) is 5.56 Å². The first-order valence-corrected chi connectivity index (χ1v) is 38.7. The van der Waals surface area contributed by atoms with Crippen molar-refractivity contribution in [3.8, 4) is 0 Å². The molecule has 0 saturated heterocycles. The summed E-state index contributed by atoms with van der Waals surface area (Å²) in [5.41, 5.74) is 20.8. The second-order valence-electron chi connectivity index (χ2n) is 25.0. The Morgan fingerprint density at radius 2 is 1.07 bits per heavy atom. The Balaban J connectivity index is -0.000000187. The lowest BCUT2D eigenvalue weighted by Crippen LogP contribution is -2.46. The summed E-state index contributed by atoms with van der Waals surface area (Å²) in [5.74, 6) is -6.15. The van der Waals surface area contributed by atoms with Crippen LogP contribution in [0.25, 0.3) is 11.1 Å². The number of aryl methyl sites for hydroxylation is 2. The van der Waals surface area contributed by atoms with E-state index in [1.54, 1.807) is 122 Å². The number of ether oxygens (including phenoxy) is 7. The molecule has 648 valence electrons. The molecule has 5 N–H and O–H groups in total. The van der Waals surface area contributed by atoms with Crippen LogP contribution < -0.4 is 10.9 Å². The summed E-state index contributed by atoms with van der Waals surface area (Å²) in [6, 6.07) is 9.51. The second kappa shape index (κ2) is 72.8. The number of azo groups is 1. The quantitative estimate of drug-likeness (QED) is 0.00331. The Kier molecular flexibility index (Phi) is 76.9. The number of rotatable bonds is 32. The van der Waals surface area contributed by atoms with Crippen LogP contribution in [0, 0.1) is 19.4 Å². The van der Waals surface area contributed by atoms with Gasteiger partial charge in [-0.25, -0.2) is 39.1 Å². The number of Topliss-reactive ketones (excluding diaryl/α,β-unsaturated/α-hetero) is 1. The van der Waals surface area contributed by atoms with Gasteiger partial charge in [0.2, 0.25) is 38.9 Å². The number of carbonyl (C=O) groups is 9. The van der Waals surface area contributed by atoms with Crippen LogP contribution in [0.1, 0.15) is 227 Å². The molecule has 0 aliphatic rings. The van der Waals surface area contributed by atoms with E-state index in [0.29, 0.717) is 44.8 Å². The van der Waals surface area contributed by atoms with E-state index >= 15 is 0 Å². The van der Waals surface area contributed by atoms with Crippen LogP contribution in [0.3, 0.4) is 0 Å². The molecule has 2 aromatic heterocycles. The topological polar surface area (TPSA) is 500 Å². The van der Waals surface area contributed by atoms with Crippen LogP contribution in [0.5, 0.6) is 0 Å². The molecule has 0 bridgehead atoms. The highest BCUT2D eigenvalue weighted by Crippen LogP contribution is 2.38. The number of nitrogens with one attached hydrogen (secondary N) is 2. The number of carboxylic acid groups (broad SMARTS) is 1. The van der Waals surface area contributed by atoms with Gasteiger partial charge in [-0.05, 0) is 173 Å². The fourth-order valence-corrected chi connectivity index (χ4v) is 10.3. The number of aromatic carboxylic acids is 1. The van der Waals surface area contributed by atoms with Crippen LogP contribution in [0.2, 0.25) is 0 Å². The fraction of sp³-hybridized carbons (Fsp3) is 0.613. The lowest BCUT2D eigenvalue weighted by molar-refractivity contribution is -0.179. The summed E-state index contributed by atoms with van der Waals surface area (Å²) < 4.78 is 34.9. The monoisotopic (exact) mass is 1690 g/mol. The summed E-state index contributed by atoms with van der Waals surface area (Å²) in [4.78, 5) is 129. The molecule has 0 radical (unpaired) electrons. The molecule has 0 fully saturated rings. The molecule has 3 aromatic rings. The van der Waals surface area contributed by atoms with Crippen LogP contribution in [0.15, 0.2) is 90.6 Å². The van der Waals surface area contributed by atoms with Gasteiger partial charge in [-0.3, -0.25) is 38.8 Å². The summed E-state index contributed by atoms with van der Waals surface area (Å²) in [6.45, 7) is 37.5. The van der Waals surface area contributed by atoms with Gasteiger partial charge in [0.1, 0.15) is 17.1 Å². The second-order valence-corrected chi connectivity index (χ2v) is 28.1. The Labute approximate surface area is 689 Å². The summed E-state index contributed by atoms with van der Waals surface area (Å²) in [6.07, 6.45) is 17.0. The third kappa shape index (κ3) is 63.3. The molecule has 2 heterocycles. The van der Waals surface area contributed by atoms with E-state index in [4.69, 9.17) is 52.6 Å². The van der Waals surface area contributed by atoms with Crippen molar-refractivity contribution in [3.05, 3.63) is 125 Å². The number of aromatic nitrogens is 4. The van der Waals surface area contributed by atoms with Crippen LogP contribution in [-0.2, 0) is 68.5 Å². The van der Waals surface area contributed by atoms with Crippen molar-refractivity contribution in [2.45, 2.75) is 227 Å². The number of aliphatic hydroxyl groups is 2. The number of hydrogen-bond donors (Lipinski definition) is 5. The zero-order chi connectivity index (χ0) is 87.7. The molecule has 0 unspecified atom stereocenters. The van der Waals surface area contributed by atoms with Crippen LogP contribution in [0.4, 0.5) is 4.79 Å². The zero-order valence-corrected chi connectivity index (χ0v) is 74.1. The smallest absolute Gasteiger partial charge is 0.452 e.